The topological polar surface area (TPSA) is 60.9 Å². The van der Waals surface area contributed by atoms with Crippen molar-refractivity contribution in [3.05, 3.63) is 54.3 Å². The second-order valence-electron chi connectivity index (χ2n) is 4.61. The molecule has 2 aromatic heterocycles. The highest BCUT2D eigenvalue weighted by Gasteiger charge is 2.16. The van der Waals surface area contributed by atoms with Crippen LogP contribution in [-0.2, 0) is 6.54 Å². The Morgan fingerprint density at radius 2 is 2.00 bits per heavy atom. The van der Waals surface area contributed by atoms with Crippen molar-refractivity contribution < 1.29 is 9.21 Å². The minimum atomic E-state index is 0.0794. The van der Waals surface area contributed by atoms with E-state index in [1.807, 2.05) is 54.0 Å². The molecular formula is C16H15N3O2S. The van der Waals surface area contributed by atoms with Crippen LogP contribution in [0.4, 0.5) is 0 Å². The zero-order chi connectivity index (χ0) is 15.4. The fourth-order valence-electron chi connectivity index (χ4n) is 2.11. The van der Waals surface area contributed by atoms with Crippen molar-refractivity contribution in [3.63, 3.8) is 0 Å². The van der Waals surface area contributed by atoms with Gasteiger partial charge in [-0.3, -0.25) is 9.36 Å². The largest absolute Gasteiger partial charge is 0.461 e. The van der Waals surface area contributed by atoms with Crippen molar-refractivity contribution in [2.45, 2.75) is 18.6 Å². The van der Waals surface area contributed by atoms with Crippen molar-refractivity contribution in [2.24, 2.45) is 0 Å². The third-order valence-electron chi connectivity index (χ3n) is 3.20. The van der Waals surface area contributed by atoms with Gasteiger partial charge in [-0.05, 0) is 19.1 Å². The summed E-state index contributed by atoms with van der Waals surface area (Å²) >= 11 is 1.39. The first-order chi connectivity index (χ1) is 10.8. The van der Waals surface area contributed by atoms with Gasteiger partial charge in [-0.25, -0.2) is 0 Å². The van der Waals surface area contributed by atoms with E-state index in [9.17, 15) is 4.79 Å². The average molecular weight is 313 g/mol. The minimum Gasteiger partial charge on any atom is -0.461 e. The number of ketones is 1. The summed E-state index contributed by atoms with van der Waals surface area (Å²) in [6.45, 7) is 2.73. The number of carbonyl (C=O) groups is 1. The smallest absolute Gasteiger partial charge is 0.200 e. The van der Waals surface area contributed by atoms with Crippen LogP contribution >= 0.6 is 11.8 Å². The molecule has 0 atom stereocenters. The predicted octanol–water partition coefficient (Wildman–Crippen LogP) is 3.53. The number of furan rings is 1. The third-order valence-corrected chi connectivity index (χ3v) is 4.17. The Hall–Kier alpha value is -2.34. The Bertz CT molecular complexity index is 751. The lowest BCUT2D eigenvalue weighted by Crippen LogP contribution is -2.04. The molecule has 1 aromatic carbocycles. The van der Waals surface area contributed by atoms with Gasteiger partial charge in [-0.1, -0.05) is 42.1 Å². The van der Waals surface area contributed by atoms with Crippen LogP contribution in [0.3, 0.4) is 0 Å². The van der Waals surface area contributed by atoms with Crippen molar-refractivity contribution in [3.8, 4) is 11.6 Å². The molecule has 3 aromatic rings. The average Bonchev–Trinajstić information content (AvgIpc) is 3.22. The first-order valence-corrected chi connectivity index (χ1v) is 7.96. The molecule has 0 saturated carbocycles. The molecule has 6 heteroatoms. The summed E-state index contributed by atoms with van der Waals surface area (Å²) in [4.78, 5) is 12.2. The molecule has 112 valence electrons. The number of Topliss-reactive ketones (excluding diaryl/α,β-unsaturated/α-hetero) is 1. The minimum absolute atomic E-state index is 0.0794. The van der Waals surface area contributed by atoms with Gasteiger partial charge in [0.1, 0.15) is 0 Å². The number of nitrogens with zero attached hydrogens (tertiary/aromatic N) is 3. The summed E-state index contributed by atoms with van der Waals surface area (Å²) < 4.78 is 7.32. The molecule has 0 amide bonds. The van der Waals surface area contributed by atoms with Crippen LogP contribution in [0.2, 0.25) is 0 Å². The highest BCUT2D eigenvalue weighted by atomic mass is 32.2. The maximum atomic E-state index is 12.2. The lowest BCUT2D eigenvalue weighted by Gasteiger charge is -2.05. The van der Waals surface area contributed by atoms with Gasteiger partial charge in [-0.2, -0.15) is 0 Å². The summed E-state index contributed by atoms with van der Waals surface area (Å²) in [5.41, 5.74) is 0.712. The van der Waals surface area contributed by atoms with Gasteiger partial charge in [-0.15, -0.1) is 10.2 Å². The Morgan fingerprint density at radius 3 is 2.68 bits per heavy atom. The number of hydrogen-bond donors (Lipinski definition) is 0. The number of aromatic nitrogens is 3. The zero-order valence-corrected chi connectivity index (χ0v) is 12.9. The van der Waals surface area contributed by atoms with E-state index in [0.717, 1.165) is 5.16 Å². The van der Waals surface area contributed by atoms with Gasteiger partial charge in [0.25, 0.3) is 0 Å². The van der Waals surface area contributed by atoms with Gasteiger partial charge in [0, 0.05) is 12.1 Å². The quantitative estimate of drug-likeness (QED) is 0.514. The highest BCUT2D eigenvalue weighted by molar-refractivity contribution is 7.99. The van der Waals surface area contributed by atoms with Crippen LogP contribution in [0, 0.1) is 0 Å². The number of rotatable bonds is 6. The molecule has 0 unspecified atom stereocenters. The van der Waals surface area contributed by atoms with Gasteiger partial charge >= 0.3 is 0 Å². The molecule has 3 rings (SSSR count). The van der Waals surface area contributed by atoms with Crippen LogP contribution in [0.5, 0.6) is 0 Å². The summed E-state index contributed by atoms with van der Waals surface area (Å²) in [5, 5.41) is 9.06. The summed E-state index contributed by atoms with van der Waals surface area (Å²) in [5.74, 6) is 1.77. The highest BCUT2D eigenvalue weighted by Crippen LogP contribution is 2.24. The molecule has 0 aliphatic rings. The summed E-state index contributed by atoms with van der Waals surface area (Å²) in [7, 11) is 0. The van der Waals surface area contributed by atoms with Crippen molar-refractivity contribution in [2.75, 3.05) is 5.75 Å². The number of hydrogen-bond acceptors (Lipinski definition) is 5. The van der Waals surface area contributed by atoms with Crippen LogP contribution in [0.25, 0.3) is 11.6 Å². The Morgan fingerprint density at radius 1 is 1.18 bits per heavy atom. The monoisotopic (exact) mass is 313 g/mol. The van der Waals surface area contributed by atoms with E-state index < -0.39 is 0 Å². The molecule has 2 heterocycles. The third kappa shape index (κ3) is 2.96. The second kappa shape index (κ2) is 6.62. The van der Waals surface area contributed by atoms with E-state index >= 15 is 0 Å². The summed E-state index contributed by atoms with van der Waals surface area (Å²) in [6, 6.07) is 12.9. The molecule has 0 aliphatic heterocycles. The predicted molar refractivity (Wildman–Crippen MR) is 84.9 cm³/mol. The molecule has 0 saturated heterocycles. The van der Waals surface area contributed by atoms with E-state index in [1.54, 1.807) is 6.26 Å². The van der Waals surface area contributed by atoms with E-state index in [0.29, 0.717) is 29.4 Å². The van der Waals surface area contributed by atoms with Gasteiger partial charge in [0.05, 0.1) is 12.0 Å². The van der Waals surface area contributed by atoms with Gasteiger partial charge in [0.15, 0.2) is 22.5 Å². The maximum Gasteiger partial charge on any atom is 0.200 e. The Kier molecular flexibility index (Phi) is 4.39. The SMILES string of the molecule is CCn1c(SCC(=O)c2ccccc2)nnc1-c1ccco1. The molecular weight excluding hydrogens is 298 g/mol. The molecule has 0 fully saturated rings. The number of thioether (sulfide) groups is 1. The van der Waals surface area contributed by atoms with Crippen LogP contribution < -0.4 is 0 Å². The first kappa shape index (κ1) is 14.6. The molecule has 0 bridgehead atoms. The fourth-order valence-corrected chi connectivity index (χ4v) is 3.00. The Labute approximate surface area is 132 Å². The Balaban J connectivity index is 1.75. The lowest BCUT2D eigenvalue weighted by molar-refractivity contribution is 0.102. The molecule has 0 spiro atoms. The normalized spacial score (nSPS) is 10.8. The van der Waals surface area contributed by atoms with Crippen molar-refractivity contribution in [1.82, 2.24) is 14.8 Å². The van der Waals surface area contributed by atoms with Crippen LogP contribution in [0.1, 0.15) is 17.3 Å². The van der Waals surface area contributed by atoms with Crippen molar-refractivity contribution in [1.29, 1.82) is 0 Å². The van der Waals surface area contributed by atoms with E-state index in [-0.39, 0.29) is 5.78 Å². The molecule has 22 heavy (non-hydrogen) atoms. The standard InChI is InChI=1S/C16H15N3O2S/c1-2-19-15(14-9-6-10-21-14)17-18-16(19)22-11-13(20)12-7-4-3-5-8-12/h3-10H,2,11H2,1H3. The van der Waals surface area contributed by atoms with E-state index in [1.165, 1.54) is 11.8 Å². The van der Waals surface area contributed by atoms with E-state index in [2.05, 4.69) is 10.2 Å². The van der Waals surface area contributed by atoms with Crippen LogP contribution in [0.15, 0.2) is 58.3 Å². The number of carbonyl (C=O) groups excluding carboxylic acids is 1. The first-order valence-electron chi connectivity index (χ1n) is 6.97. The van der Waals surface area contributed by atoms with E-state index in [4.69, 9.17) is 4.42 Å². The van der Waals surface area contributed by atoms with Crippen LogP contribution in [-0.4, -0.2) is 26.3 Å². The number of benzene rings is 1. The fraction of sp³-hybridized carbons (Fsp3) is 0.188. The van der Waals surface area contributed by atoms with Gasteiger partial charge in [0.2, 0.25) is 0 Å². The molecule has 0 N–H and O–H groups in total. The molecule has 5 nitrogen and oxygen atoms in total. The molecule has 0 aliphatic carbocycles. The maximum absolute atomic E-state index is 12.2. The van der Waals surface area contributed by atoms with Gasteiger partial charge < -0.3 is 4.42 Å². The molecule has 0 radical (unpaired) electrons. The lowest BCUT2D eigenvalue weighted by atomic mass is 10.2. The zero-order valence-electron chi connectivity index (χ0n) is 12.1. The van der Waals surface area contributed by atoms with Crippen molar-refractivity contribution >= 4 is 17.5 Å². The second-order valence-corrected chi connectivity index (χ2v) is 5.55. The summed E-state index contributed by atoms with van der Waals surface area (Å²) in [6.07, 6.45) is 1.61.